The van der Waals surface area contributed by atoms with Crippen molar-refractivity contribution in [1.82, 2.24) is 9.80 Å². The lowest BCUT2D eigenvalue weighted by Crippen LogP contribution is -2.53. The third-order valence-electron chi connectivity index (χ3n) is 3.30. The van der Waals surface area contributed by atoms with Crippen LogP contribution >= 0.6 is 0 Å². The summed E-state index contributed by atoms with van der Waals surface area (Å²) in [5.74, 6) is 0. The molecule has 0 radical (unpaired) electrons. The number of hydrogen-bond donors (Lipinski definition) is 1. The van der Waals surface area contributed by atoms with Gasteiger partial charge in [0.1, 0.15) is 5.60 Å². The van der Waals surface area contributed by atoms with Gasteiger partial charge in [-0.25, -0.2) is 4.79 Å². The summed E-state index contributed by atoms with van der Waals surface area (Å²) in [5, 5.41) is 0. The van der Waals surface area contributed by atoms with E-state index in [4.69, 9.17) is 10.5 Å². The normalized spacial score (nSPS) is 30.2. The predicted molar refractivity (Wildman–Crippen MR) is 65.8 cm³/mol. The van der Waals surface area contributed by atoms with Gasteiger partial charge in [-0.15, -0.1) is 0 Å². The van der Waals surface area contributed by atoms with Crippen LogP contribution < -0.4 is 5.73 Å². The molecule has 2 aliphatic rings. The zero-order chi connectivity index (χ0) is 12.6. The molecule has 0 saturated carbocycles. The number of fused-ring (bicyclic) bond motifs is 1. The molecule has 5 heteroatoms. The molecule has 0 bridgehead atoms. The van der Waals surface area contributed by atoms with Crippen LogP contribution in [0, 0.1) is 0 Å². The van der Waals surface area contributed by atoms with Crippen LogP contribution in [0.25, 0.3) is 0 Å². The van der Waals surface area contributed by atoms with Gasteiger partial charge in [-0.2, -0.15) is 0 Å². The van der Waals surface area contributed by atoms with E-state index in [0.29, 0.717) is 6.04 Å². The number of hydrogen-bond acceptors (Lipinski definition) is 4. The summed E-state index contributed by atoms with van der Waals surface area (Å²) in [6.45, 7) is 9.07. The van der Waals surface area contributed by atoms with Gasteiger partial charge in [0.15, 0.2) is 0 Å². The van der Waals surface area contributed by atoms with Crippen molar-refractivity contribution < 1.29 is 9.53 Å². The van der Waals surface area contributed by atoms with E-state index in [2.05, 4.69) is 4.90 Å². The van der Waals surface area contributed by atoms with Crippen LogP contribution in [0.2, 0.25) is 0 Å². The quantitative estimate of drug-likeness (QED) is 0.676. The molecule has 0 aromatic rings. The van der Waals surface area contributed by atoms with E-state index in [1.54, 1.807) is 0 Å². The second-order valence-corrected chi connectivity index (χ2v) is 6.07. The lowest BCUT2D eigenvalue weighted by Gasteiger charge is -2.37. The van der Waals surface area contributed by atoms with Crippen molar-refractivity contribution in [2.24, 2.45) is 5.73 Å². The molecular formula is C12H23N3O2. The number of ether oxygens (including phenoxy) is 1. The second kappa shape index (κ2) is 4.46. The summed E-state index contributed by atoms with van der Waals surface area (Å²) < 4.78 is 5.39. The highest BCUT2D eigenvalue weighted by atomic mass is 16.6. The van der Waals surface area contributed by atoms with Gasteiger partial charge in [-0.3, -0.25) is 4.90 Å². The van der Waals surface area contributed by atoms with Gasteiger partial charge in [0.25, 0.3) is 0 Å². The van der Waals surface area contributed by atoms with Crippen molar-refractivity contribution in [2.75, 3.05) is 26.2 Å². The first-order valence-corrected chi connectivity index (χ1v) is 6.33. The Morgan fingerprint density at radius 1 is 1.29 bits per heavy atom. The first kappa shape index (κ1) is 12.6. The number of carbonyl (C=O) groups excluding carboxylic acids is 1. The van der Waals surface area contributed by atoms with Crippen molar-refractivity contribution >= 4 is 6.09 Å². The summed E-state index contributed by atoms with van der Waals surface area (Å²) >= 11 is 0. The maximum atomic E-state index is 11.9. The predicted octanol–water partition coefficient (Wildman–Crippen LogP) is 0.639. The van der Waals surface area contributed by atoms with Crippen LogP contribution in [0.4, 0.5) is 4.79 Å². The van der Waals surface area contributed by atoms with Crippen molar-refractivity contribution in [3.63, 3.8) is 0 Å². The third-order valence-corrected chi connectivity index (χ3v) is 3.30. The summed E-state index contributed by atoms with van der Waals surface area (Å²) in [6, 6.07) is 0.685. The standard InChI is InChI=1S/C12H23N3O2/c1-12(2,3)17-11(16)15-5-4-14-7-9(13)6-10(14)8-15/h9-10H,4-8,13H2,1-3H3/t9-,10+/m0/s1. The third kappa shape index (κ3) is 3.10. The molecular weight excluding hydrogens is 218 g/mol. The Kier molecular flexibility index (Phi) is 3.32. The average molecular weight is 241 g/mol. The molecule has 0 aromatic heterocycles. The second-order valence-electron chi connectivity index (χ2n) is 6.07. The number of amides is 1. The molecule has 2 saturated heterocycles. The summed E-state index contributed by atoms with van der Waals surface area (Å²) in [7, 11) is 0. The van der Waals surface area contributed by atoms with Crippen LogP contribution in [-0.4, -0.2) is 59.8 Å². The smallest absolute Gasteiger partial charge is 0.410 e. The minimum Gasteiger partial charge on any atom is -0.444 e. The Labute approximate surface area is 103 Å². The molecule has 0 aliphatic carbocycles. The Balaban J connectivity index is 1.90. The highest BCUT2D eigenvalue weighted by Gasteiger charge is 2.37. The molecule has 2 fully saturated rings. The van der Waals surface area contributed by atoms with Crippen LogP contribution in [0.5, 0.6) is 0 Å². The molecule has 17 heavy (non-hydrogen) atoms. The van der Waals surface area contributed by atoms with Gasteiger partial charge in [-0.1, -0.05) is 0 Å². The largest absolute Gasteiger partial charge is 0.444 e. The highest BCUT2D eigenvalue weighted by molar-refractivity contribution is 5.68. The summed E-state index contributed by atoms with van der Waals surface area (Å²) in [5.41, 5.74) is 5.53. The first-order chi connectivity index (χ1) is 7.85. The van der Waals surface area contributed by atoms with E-state index in [1.807, 2.05) is 25.7 Å². The molecule has 0 unspecified atom stereocenters. The molecule has 0 aromatic carbocycles. The van der Waals surface area contributed by atoms with Crippen LogP contribution in [0.15, 0.2) is 0 Å². The molecule has 98 valence electrons. The molecule has 2 aliphatic heterocycles. The summed E-state index contributed by atoms with van der Waals surface area (Å²) in [4.78, 5) is 16.1. The van der Waals surface area contributed by atoms with Crippen molar-refractivity contribution in [3.8, 4) is 0 Å². The lowest BCUT2D eigenvalue weighted by atomic mass is 10.1. The number of nitrogens with zero attached hydrogens (tertiary/aromatic N) is 2. The van der Waals surface area contributed by atoms with Crippen LogP contribution in [0.3, 0.4) is 0 Å². The van der Waals surface area contributed by atoms with Gasteiger partial charge < -0.3 is 15.4 Å². The topological polar surface area (TPSA) is 58.8 Å². The van der Waals surface area contributed by atoms with Crippen molar-refractivity contribution in [2.45, 2.75) is 44.9 Å². The Morgan fingerprint density at radius 2 is 2.00 bits per heavy atom. The van der Waals surface area contributed by atoms with Gasteiger partial charge in [0, 0.05) is 38.3 Å². The van der Waals surface area contributed by atoms with E-state index in [0.717, 1.165) is 32.6 Å². The van der Waals surface area contributed by atoms with E-state index < -0.39 is 5.60 Å². The molecule has 5 nitrogen and oxygen atoms in total. The Morgan fingerprint density at radius 3 is 2.65 bits per heavy atom. The maximum Gasteiger partial charge on any atom is 0.410 e. The van der Waals surface area contributed by atoms with Crippen molar-refractivity contribution in [3.05, 3.63) is 0 Å². The molecule has 2 N–H and O–H groups in total. The minimum atomic E-state index is -0.416. The van der Waals surface area contributed by atoms with E-state index >= 15 is 0 Å². The average Bonchev–Trinajstić information content (AvgIpc) is 2.53. The Hall–Kier alpha value is -0.810. The van der Waals surface area contributed by atoms with Gasteiger partial charge >= 0.3 is 6.09 Å². The van der Waals surface area contributed by atoms with E-state index in [9.17, 15) is 4.79 Å². The molecule has 0 spiro atoms. The number of carbonyl (C=O) groups is 1. The fourth-order valence-corrected chi connectivity index (χ4v) is 2.57. The van der Waals surface area contributed by atoms with Crippen LogP contribution in [-0.2, 0) is 4.74 Å². The monoisotopic (exact) mass is 241 g/mol. The molecule has 2 rings (SSSR count). The molecule has 1 amide bonds. The fourth-order valence-electron chi connectivity index (χ4n) is 2.57. The molecule has 2 atom stereocenters. The van der Waals surface area contributed by atoms with E-state index in [-0.39, 0.29) is 12.1 Å². The Bertz CT molecular complexity index is 301. The zero-order valence-corrected chi connectivity index (χ0v) is 11.0. The van der Waals surface area contributed by atoms with Gasteiger partial charge in [-0.05, 0) is 27.2 Å². The zero-order valence-electron chi connectivity index (χ0n) is 11.0. The number of piperazine rings is 1. The maximum absolute atomic E-state index is 11.9. The highest BCUT2D eigenvalue weighted by Crippen LogP contribution is 2.22. The number of nitrogens with two attached hydrogens (primary N) is 1. The SMILES string of the molecule is CC(C)(C)OC(=O)N1CCN2C[C@@H](N)C[C@@H]2C1. The molecule has 2 heterocycles. The first-order valence-electron chi connectivity index (χ1n) is 6.33. The number of rotatable bonds is 0. The minimum absolute atomic E-state index is 0.197. The van der Waals surface area contributed by atoms with Gasteiger partial charge in [0.05, 0.1) is 0 Å². The lowest BCUT2D eigenvalue weighted by molar-refractivity contribution is 0.00925. The van der Waals surface area contributed by atoms with Crippen molar-refractivity contribution in [1.29, 1.82) is 0 Å². The summed E-state index contributed by atoms with van der Waals surface area (Å²) in [6.07, 6.45) is 0.789. The van der Waals surface area contributed by atoms with Gasteiger partial charge in [0.2, 0.25) is 0 Å². The van der Waals surface area contributed by atoms with E-state index in [1.165, 1.54) is 0 Å². The fraction of sp³-hybridized carbons (Fsp3) is 0.917. The van der Waals surface area contributed by atoms with Crippen LogP contribution in [0.1, 0.15) is 27.2 Å².